The third-order valence-electron chi connectivity index (χ3n) is 3.20. The van der Waals surface area contributed by atoms with E-state index in [1.807, 2.05) is 32.0 Å². The Labute approximate surface area is 117 Å². The lowest BCUT2D eigenvalue weighted by Crippen LogP contribution is -2.11. The first-order chi connectivity index (χ1) is 9.61. The molecule has 0 aliphatic rings. The van der Waals surface area contributed by atoms with E-state index in [1.165, 1.54) is 0 Å². The summed E-state index contributed by atoms with van der Waals surface area (Å²) in [5.74, 6) is 0. The Hall–Kier alpha value is -2.43. The average molecular weight is 271 g/mol. The Kier molecular flexibility index (Phi) is 4.30. The second-order valence-electron chi connectivity index (χ2n) is 4.66. The summed E-state index contributed by atoms with van der Waals surface area (Å²) < 4.78 is 0. The number of anilines is 1. The highest BCUT2D eigenvalue weighted by Crippen LogP contribution is 2.30. The number of nitro benzene ring substituents is 1. The van der Waals surface area contributed by atoms with E-state index in [4.69, 9.17) is 0 Å². The zero-order chi connectivity index (χ0) is 14.5. The molecule has 1 atom stereocenters. The number of nitro groups is 1. The van der Waals surface area contributed by atoms with Gasteiger partial charge in [-0.25, -0.2) is 0 Å². The van der Waals surface area contributed by atoms with Gasteiger partial charge >= 0.3 is 0 Å². The van der Waals surface area contributed by atoms with Crippen LogP contribution in [0.1, 0.15) is 30.5 Å². The van der Waals surface area contributed by atoms with Gasteiger partial charge in [-0.1, -0.05) is 13.0 Å². The van der Waals surface area contributed by atoms with Crippen LogP contribution in [0.3, 0.4) is 0 Å². The maximum Gasteiger partial charge on any atom is 0.292 e. The highest BCUT2D eigenvalue weighted by Gasteiger charge is 2.17. The second kappa shape index (κ2) is 6.14. The summed E-state index contributed by atoms with van der Waals surface area (Å²) in [6, 6.07) is 9.08. The molecule has 20 heavy (non-hydrogen) atoms. The molecule has 0 aliphatic carbocycles. The van der Waals surface area contributed by atoms with E-state index in [0.717, 1.165) is 17.5 Å². The zero-order valence-corrected chi connectivity index (χ0v) is 11.5. The molecule has 0 bridgehead atoms. The Bertz CT molecular complexity index is 599. The van der Waals surface area contributed by atoms with Gasteiger partial charge in [-0.3, -0.25) is 15.1 Å². The van der Waals surface area contributed by atoms with Crippen molar-refractivity contribution in [3.05, 3.63) is 64.0 Å². The smallest absolute Gasteiger partial charge is 0.292 e. The van der Waals surface area contributed by atoms with Crippen molar-refractivity contribution >= 4 is 11.4 Å². The predicted octanol–water partition coefficient (Wildman–Crippen LogP) is 3.86. The van der Waals surface area contributed by atoms with E-state index in [2.05, 4.69) is 10.3 Å². The summed E-state index contributed by atoms with van der Waals surface area (Å²) in [6.45, 7) is 3.88. The molecular formula is C15H17N3O2. The molecule has 5 heteroatoms. The largest absolute Gasteiger partial charge is 0.373 e. The zero-order valence-electron chi connectivity index (χ0n) is 11.5. The molecule has 1 aromatic carbocycles. The lowest BCUT2D eigenvalue weighted by Gasteiger charge is -2.18. The van der Waals surface area contributed by atoms with Gasteiger partial charge in [0, 0.05) is 18.5 Å². The van der Waals surface area contributed by atoms with E-state index in [9.17, 15) is 10.1 Å². The number of hydrogen-bond donors (Lipinski definition) is 1. The van der Waals surface area contributed by atoms with Gasteiger partial charge in [0.2, 0.25) is 0 Å². The van der Waals surface area contributed by atoms with Crippen LogP contribution in [-0.4, -0.2) is 9.91 Å². The quantitative estimate of drug-likeness (QED) is 0.662. The van der Waals surface area contributed by atoms with Gasteiger partial charge in [0.1, 0.15) is 5.69 Å². The summed E-state index contributed by atoms with van der Waals surface area (Å²) in [4.78, 5) is 14.8. The molecule has 0 spiro atoms. The number of benzene rings is 1. The molecule has 0 fully saturated rings. The van der Waals surface area contributed by atoms with Crippen LogP contribution in [0.2, 0.25) is 0 Å². The molecule has 5 nitrogen and oxygen atoms in total. The standard InChI is InChI=1S/C15H17N3O2/c1-3-13(12-6-8-16-9-7-12)17-14-5-4-11(2)10-15(14)18(19)20/h4-10,13,17H,3H2,1-2H3. The van der Waals surface area contributed by atoms with Crippen LogP contribution in [0.4, 0.5) is 11.4 Å². The minimum atomic E-state index is -0.353. The first-order valence-electron chi connectivity index (χ1n) is 6.53. The molecule has 0 radical (unpaired) electrons. The van der Waals surface area contributed by atoms with Crippen molar-refractivity contribution in [1.82, 2.24) is 4.98 Å². The van der Waals surface area contributed by atoms with Gasteiger partial charge in [-0.05, 0) is 42.7 Å². The molecule has 1 heterocycles. The molecule has 2 rings (SSSR count). The number of rotatable bonds is 5. The highest BCUT2D eigenvalue weighted by atomic mass is 16.6. The van der Waals surface area contributed by atoms with E-state index in [0.29, 0.717) is 5.69 Å². The molecular weight excluding hydrogens is 254 g/mol. The number of aromatic nitrogens is 1. The molecule has 0 amide bonds. The summed E-state index contributed by atoms with van der Waals surface area (Å²) in [7, 11) is 0. The molecule has 1 aromatic heterocycles. The minimum Gasteiger partial charge on any atom is -0.373 e. The molecule has 2 aromatic rings. The van der Waals surface area contributed by atoms with Crippen LogP contribution in [-0.2, 0) is 0 Å². The Morgan fingerprint density at radius 2 is 2.00 bits per heavy atom. The number of hydrogen-bond acceptors (Lipinski definition) is 4. The third-order valence-corrected chi connectivity index (χ3v) is 3.20. The first kappa shape index (κ1) is 14.0. The number of nitrogens with one attached hydrogen (secondary N) is 1. The Morgan fingerprint density at radius 1 is 1.30 bits per heavy atom. The van der Waals surface area contributed by atoms with Crippen molar-refractivity contribution in [2.45, 2.75) is 26.3 Å². The lowest BCUT2D eigenvalue weighted by atomic mass is 10.1. The van der Waals surface area contributed by atoms with Crippen molar-refractivity contribution in [3.8, 4) is 0 Å². The monoisotopic (exact) mass is 271 g/mol. The fraction of sp³-hybridized carbons (Fsp3) is 0.267. The first-order valence-corrected chi connectivity index (χ1v) is 6.53. The van der Waals surface area contributed by atoms with Crippen molar-refractivity contribution in [1.29, 1.82) is 0 Å². The minimum absolute atomic E-state index is 0.0272. The van der Waals surface area contributed by atoms with Crippen molar-refractivity contribution < 1.29 is 4.92 Å². The third kappa shape index (κ3) is 3.12. The van der Waals surface area contributed by atoms with Gasteiger partial charge in [0.25, 0.3) is 5.69 Å². The summed E-state index contributed by atoms with van der Waals surface area (Å²) in [6.07, 6.45) is 4.28. The number of aryl methyl sites for hydroxylation is 1. The van der Waals surface area contributed by atoms with Gasteiger partial charge in [0.05, 0.1) is 11.0 Å². The average Bonchev–Trinajstić information content (AvgIpc) is 2.46. The summed E-state index contributed by atoms with van der Waals surface area (Å²) in [5, 5.41) is 14.4. The van der Waals surface area contributed by atoms with Crippen LogP contribution in [0.5, 0.6) is 0 Å². The van der Waals surface area contributed by atoms with Gasteiger partial charge in [0.15, 0.2) is 0 Å². The normalized spacial score (nSPS) is 11.9. The maximum atomic E-state index is 11.1. The maximum absolute atomic E-state index is 11.1. The van der Waals surface area contributed by atoms with Gasteiger partial charge < -0.3 is 5.32 Å². The van der Waals surface area contributed by atoms with Crippen LogP contribution < -0.4 is 5.32 Å². The van der Waals surface area contributed by atoms with Crippen LogP contribution in [0, 0.1) is 17.0 Å². The van der Waals surface area contributed by atoms with Gasteiger partial charge in [-0.15, -0.1) is 0 Å². The van der Waals surface area contributed by atoms with Crippen molar-refractivity contribution in [3.63, 3.8) is 0 Å². The molecule has 1 unspecified atom stereocenters. The molecule has 0 saturated carbocycles. The highest BCUT2D eigenvalue weighted by molar-refractivity contribution is 5.63. The van der Waals surface area contributed by atoms with Gasteiger partial charge in [-0.2, -0.15) is 0 Å². The molecule has 0 aliphatic heterocycles. The van der Waals surface area contributed by atoms with E-state index in [-0.39, 0.29) is 16.7 Å². The van der Waals surface area contributed by atoms with E-state index >= 15 is 0 Å². The second-order valence-corrected chi connectivity index (χ2v) is 4.66. The lowest BCUT2D eigenvalue weighted by molar-refractivity contribution is -0.384. The van der Waals surface area contributed by atoms with E-state index in [1.54, 1.807) is 24.5 Å². The summed E-state index contributed by atoms with van der Waals surface area (Å²) >= 11 is 0. The van der Waals surface area contributed by atoms with E-state index < -0.39 is 0 Å². The number of pyridine rings is 1. The summed E-state index contributed by atoms with van der Waals surface area (Å²) in [5.41, 5.74) is 2.60. The Balaban J connectivity index is 2.31. The molecule has 1 N–H and O–H groups in total. The molecule has 0 saturated heterocycles. The van der Waals surface area contributed by atoms with Crippen LogP contribution in [0.25, 0.3) is 0 Å². The fourth-order valence-corrected chi connectivity index (χ4v) is 2.12. The fourth-order valence-electron chi connectivity index (χ4n) is 2.12. The van der Waals surface area contributed by atoms with Crippen LogP contribution >= 0.6 is 0 Å². The predicted molar refractivity (Wildman–Crippen MR) is 78.7 cm³/mol. The van der Waals surface area contributed by atoms with Crippen molar-refractivity contribution in [2.24, 2.45) is 0 Å². The van der Waals surface area contributed by atoms with Crippen LogP contribution in [0.15, 0.2) is 42.7 Å². The van der Waals surface area contributed by atoms with Crippen molar-refractivity contribution in [2.75, 3.05) is 5.32 Å². The Morgan fingerprint density at radius 3 is 2.60 bits per heavy atom. The topological polar surface area (TPSA) is 68.1 Å². The SMILES string of the molecule is CCC(Nc1ccc(C)cc1[N+](=O)[O-])c1ccncc1. The molecule has 104 valence electrons. The number of nitrogens with zero attached hydrogens (tertiary/aromatic N) is 2.